The van der Waals surface area contributed by atoms with Crippen LogP contribution < -0.4 is 10.6 Å². The number of aromatic nitrogens is 4. The number of rotatable bonds is 14. The minimum atomic E-state index is -1.01. The number of imidazole rings is 2. The highest BCUT2D eigenvalue weighted by molar-refractivity contribution is 6.07. The fraction of sp³-hybridized carbons (Fsp3) is 0.269. The van der Waals surface area contributed by atoms with Gasteiger partial charge < -0.3 is 44.6 Å². The minimum absolute atomic E-state index is 0.122. The van der Waals surface area contributed by atoms with Crippen LogP contribution in [0.2, 0.25) is 0 Å². The van der Waals surface area contributed by atoms with Crippen LogP contribution in [-0.4, -0.2) is 93.7 Å². The molecule has 15 heteroatoms. The third kappa shape index (κ3) is 9.51. The number of ether oxygens (including phenoxy) is 3. The smallest absolute Gasteiger partial charge is 0.407 e. The summed E-state index contributed by atoms with van der Waals surface area (Å²) in [7, 11) is 4.07. The average molecular weight is 901 g/mol. The summed E-state index contributed by atoms with van der Waals surface area (Å²) in [6, 6.07) is 27.4. The highest BCUT2D eigenvalue weighted by Crippen LogP contribution is 2.33. The van der Waals surface area contributed by atoms with Gasteiger partial charge in [-0.3, -0.25) is 9.59 Å². The molecule has 0 bridgehead atoms. The van der Waals surface area contributed by atoms with Crippen LogP contribution in [0.25, 0.3) is 54.7 Å². The molecule has 0 saturated carbocycles. The van der Waals surface area contributed by atoms with Crippen molar-refractivity contribution in [1.29, 1.82) is 0 Å². The molecule has 2 aromatic heterocycles. The number of hydrogen-bond donors (Lipinski definition) is 4. The second-order valence-corrected chi connectivity index (χ2v) is 16.7. The first-order chi connectivity index (χ1) is 32.4. The number of methoxy groups -OCH3 is 3. The minimum Gasteiger partial charge on any atom is -0.501 e. The van der Waals surface area contributed by atoms with Gasteiger partial charge in [0.15, 0.2) is 0 Å². The Morgan fingerprint density at radius 3 is 2.04 bits per heavy atom. The maximum Gasteiger partial charge on any atom is 0.407 e. The van der Waals surface area contributed by atoms with Crippen molar-refractivity contribution in [3.05, 3.63) is 133 Å². The zero-order chi connectivity index (χ0) is 47.4. The summed E-state index contributed by atoms with van der Waals surface area (Å²) in [6.45, 7) is 8.33. The predicted molar refractivity (Wildman–Crippen MR) is 257 cm³/mol. The molecule has 0 radical (unpaired) electrons. The Morgan fingerprint density at radius 1 is 0.836 bits per heavy atom. The molecule has 342 valence electrons. The molecule has 15 nitrogen and oxygen atoms in total. The number of nitrogens with zero attached hydrogens (tertiary/aromatic N) is 4. The zero-order valence-electron chi connectivity index (χ0n) is 38.0. The number of carbonyl (C=O) groups excluding carboxylic acids is 4. The fourth-order valence-electron chi connectivity index (χ4n) is 8.69. The number of benzene rings is 5. The number of hydrogen-bond acceptors (Lipinski definition) is 9. The summed E-state index contributed by atoms with van der Waals surface area (Å²) in [5.74, 6) is 3.22. The largest absolute Gasteiger partial charge is 0.501 e. The van der Waals surface area contributed by atoms with Crippen molar-refractivity contribution in [3.8, 4) is 23.5 Å². The molecule has 0 saturated heterocycles. The Morgan fingerprint density at radius 2 is 1.45 bits per heavy atom. The van der Waals surface area contributed by atoms with Crippen molar-refractivity contribution >= 4 is 67.6 Å². The second kappa shape index (κ2) is 19.5. The number of aromatic amines is 2. The van der Waals surface area contributed by atoms with Gasteiger partial charge in [-0.1, -0.05) is 99.3 Å². The lowest BCUT2D eigenvalue weighted by atomic mass is 9.98. The lowest BCUT2D eigenvalue weighted by molar-refractivity contribution is -0.136. The quantitative estimate of drug-likeness (QED) is 0.0474. The third-order valence-electron chi connectivity index (χ3n) is 12.4. The molecule has 5 aromatic carbocycles. The summed E-state index contributed by atoms with van der Waals surface area (Å²) in [5.41, 5.74) is 5.81. The first kappa shape index (κ1) is 45.4. The molecule has 1 unspecified atom stereocenters. The van der Waals surface area contributed by atoms with Crippen LogP contribution in [0, 0.1) is 24.2 Å². The maximum absolute atomic E-state index is 14.4. The van der Waals surface area contributed by atoms with E-state index in [0.29, 0.717) is 29.4 Å². The van der Waals surface area contributed by atoms with E-state index in [1.165, 1.54) is 14.2 Å². The molecule has 8 rings (SSSR count). The Labute approximate surface area is 387 Å². The summed E-state index contributed by atoms with van der Waals surface area (Å²) >= 11 is 0. The number of nitrogens with one attached hydrogen (secondary N) is 4. The summed E-state index contributed by atoms with van der Waals surface area (Å²) < 4.78 is 15.1. The Bertz CT molecular complexity index is 3100. The molecule has 67 heavy (non-hydrogen) atoms. The van der Waals surface area contributed by atoms with E-state index in [4.69, 9.17) is 30.6 Å². The molecule has 7 aromatic rings. The Kier molecular flexibility index (Phi) is 13.3. The van der Waals surface area contributed by atoms with Gasteiger partial charge >= 0.3 is 12.2 Å². The molecule has 3 heterocycles. The van der Waals surface area contributed by atoms with E-state index in [9.17, 15) is 19.2 Å². The van der Waals surface area contributed by atoms with Gasteiger partial charge in [0.05, 0.1) is 68.3 Å². The van der Waals surface area contributed by atoms with Crippen molar-refractivity contribution in [1.82, 2.24) is 40.4 Å². The topological polar surface area (TPSA) is 184 Å². The van der Waals surface area contributed by atoms with Crippen LogP contribution in [0.4, 0.5) is 9.59 Å². The molecular weight excluding hydrogens is 849 g/mol. The zero-order valence-corrected chi connectivity index (χ0v) is 38.0. The monoisotopic (exact) mass is 900 g/mol. The van der Waals surface area contributed by atoms with Crippen LogP contribution in [-0.2, 0) is 36.9 Å². The van der Waals surface area contributed by atoms with Gasteiger partial charge in [0.2, 0.25) is 11.8 Å². The highest BCUT2D eigenvalue weighted by atomic mass is 16.5. The van der Waals surface area contributed by atoms with E-state index in [0.717, 1.165) is 54.7 Å². The van der Waals surface area contributed by atoms with Crippen molar-refractivity contribution in [2.24, 2.45) is 11.8 Å². The third-order valence-corrected chi connectivity index (χ3v) is 12.4. The molecule has 5 atom stereocenters. The standard InChI is InChI=1S/C52H52N8O7/c1-8-12-38-20-15-30(2)45(57-51(63)66-6)50(62)60(38)29-44-54-42-24-19-37-26-35(17-22-40(37)48(42)56-44)34-16-21-39-36(25-34)18-23-41-47(39)55-43(53-41)28-59(27-31(3)32(4)65-5)49(61)46(58-52(64)67-7)33-13-10-9-11-14-33/h1,9-11,13-26,30-31,38,45-46H,4,12,27-29H2,2-3,5-7H3,(H,53,55)(H,54,56)(H,57,63)(H,58,64)/t30?,31-,38+,45-,46+/m0/s1. The summed E-state index contributed by atoms with van der Waals surface area (Å²) in [6.07, 6.45) is 8.43. The van der Waals surface area contributed by atoms with Crippen LogP contribution in [0.1, 0.15) is 43.5 Å². The van der Waals surface area contributed by atoms with Crippen LogP contribution in [0.15, 0.2) is 115 Å². The van der Waals surface area contributed by atoms with Gasteiger partial charge in [0.1, 0.15) is 23.7 Å². The van der Waals surface area contributed by atoms with E-state index >= 15 is 0 Å². The first-order valence-electron chi connectivity index (χ1n) is 21.9. The number of terminal acetylenes is 1. The summed E-state index contributed by atoms with van der Waals surface area (Å²) in [5, 5.41) is 9.33. The lowest BCUT2D eigenvalue weighted by Gasteiger charge is -2.30. The maximum atomic E-state index is 14.4. The normalized spacial score (nSPS) is 16.9. The van der Waals surface area contributed by atoms with E-state index in [1.54, 1.807) is 29.0 Å². The van der Waals surface area contributed by atoms with Crippen LogP contribution in [0.3, 0.4) is 0 Å². The van der Waals surface area contributed by atoms with E-state index < -0.39 is 24.3 Å². The molecular formula is C52H52N8O7. The van der Waals surface area contributed by atoms with Gasteiger partial charge in [-0.2, -0.15) is 0 Å². The average Bonchev–Trinajstić information content (AvgIpc) is 3.95. The van der Waals surface area contributed by atoms with Gasteiger partial charge in [0, 0.05) is 35.6 Å². The number of fused-ring (bicyclic) bond motifs is 6. The predicted octanol–water partition coefficient (Wildman–Crippen LogP) is 8.29. The van der Waals surface area contributed by atoms with Crippen LogP contribution in [0.5, 0.6) is 0 Å². The van der Waals surface area contributed by atoms with Gasteiger partial charge in [-0.05, 0) is 51.7 Å². The SMILES string of the molecule is C#CC[C@@H]1C=CC(C)[C@H](NC(=O)OC)C(=O)N1Cc1nc2ccc3cc(-c4ccc5c(ccc6nc(CN(C[C@H](C)C(=C)OC)C(=O)[C@H](NC(=O)OC)c7ccccc7)[nH]c65)c4)ccc3c2[nH]1. The summed E-state index contributed by atoms with van der Waals surface area (Å²) in [4.78, 5) is 73.0. The molecule has 1 aliphatic heterocycles. The Hall–Kier alpha value is -8.12. The first-order valence-corrected chi connectivity index (χ1v) is 21.9. The second-order valence-electron chi connectivity index (χ2n) is 16.7. The van der Waals surface area contributed by atoms with Gasteiger partial charge in [0.25, 0.3) is 0 Å². The number of carbonyl (C=O) groups is 4. The van der Waals surface area contributed by atoms with Gasteiger partial charge in [-0.25, -0.2) is 19.6 Å². The van der Waals surface area contributed by atoms with Crippen molar-refractivity contribution < 1.29 is 33.4 Å². The molecule has 4 N–H and O–H groups in total. The highest BCUT2D eigenvalue weighted by Gasteiger charge is 2.36. The fourth-order valence-corrected chi connectivity index (χ4v) is 8.69. The van der Waals surface area contributed by atoms with E-state index in [1.807, 2.05) is 68.5 Å². The lowest BCUT2D eigenvalue weighted by Crippen LogP contribution is -2.52. The van der Waals surface area contributed by atoms with Crippen molar-refractivity contribution in [2.75, 3.05) is 27.9 Å². The molecule has 4 amide bonds. The number of H-pyrrole nitrogens is 2. The number of amides is 4. The molecule has 1 aliphatic rings. The van der Waals surface area contributed by atoms with Crippen molar-refractivity contribution in [2.45, 2.75) is 51.5 Å². The Balaban J connectivity index is 1.06. The van der Waals surface area contributed by atoms with Crippen LogP contribution >= 0.6 is 0 Å². The molecule has 0 spiro atoms. The molecule has 0 fully saturated rings. The number of alkyl carbamates (subject to hydrolysis) is 2. The van der Waals surface area contributed by atoms with Crippen molar-refractivity contribution in [3.63, 3.8) is 0 Å². The van der Waals surface area contributed by atoms with E-state index in [-0.39, 0.29) is 49.3 Å². The van der Waals surface area contributed by atoms with Gasteiger partial charge in [-0.15, -0.1) is 12.3 Å². The van der Waals surface area contributed by atoms with E-state index in [2.05, 4.69) is 69.5 Å². The molecule has 0 aliphatic carbocycles.